The molecule has 0 amide bonds. The van der Waals surface area contributed by atoms with Crippen molar-refractivity contribution in [1.82, 2.24) is 0 Å². The molecule has 0 saturated heterocycles. The first-order valence-electron chi connectivity index (χ1n) is 7.90. The summed E-state index contributed by atoms with van der Waals surface area (Å²) in [5.41, 5.74) is 2.18. The lowest BCUT2D eigenvalue weighted by Crippen LogP contribution is -2.24. The van der Waals surface area contributed by atoms with Crippen LogP contribution in [0.1, 0.15) is 18.4 Å². The van der Waals surface area contributed by atoms with Gasteiger partial charge in [-0.25, -0.2) is 0 Å². The number of hydrogen-bond donors (Lipinski definition) is 1. The second-order valence-electron chi connectivity index (χ2n) is 5.83. The molecule has 1 aliphatic carbocycles. The van der Waals surface area contributed by atoms with E-state index in [1.807, 2.05) is 30.3 Å². The first kappa shape index (κ1) is 17.0. The molecule has 2 aromatic carbocycles. The lowest BCUT2D eigenvalue weighted by Gasteiger charge is -2.12. The molecular weight excluding hydrogens is 336 g/mol. The largest absolute Gasteiger partial charge is 0.349 e. The monoisotopic (exact) mass is 352 g/mol. The third-order valence-electron chi connectivity index (χ3n) is 4.12. The number of carbonyl (C=O) groups excluding carboxylic acids is 1. The van der Waals surface area contributed by atoms with Crippen molar-refractivity contribution in [3.8, 4) is 0 Å². The molecule has 0 heterocycles. The second-order valence-corrected chi connectivity index (χ2v) is 6.27. The summed E-state index contributed by atoms with van der Waals surface area (Å²) >= 11 is 5.40. The quantitative estimate of drug-likeness (QED) is 0.382. The Morgan fingerprint density at radius 3 is 2.68 bits per heavy atom. The Morgan fingerprint density at radius 2 is 1.96 bits per heavy atom. The average molecular weight is 352 g/mol. The van der Waals surface area contributed by atoms with Gasteiger partial charge in [0.05, 0.1) is 15.8 Å². The van der Waals surface area contributed by atoms with Crippen molar-refractivity contribution in [1.29, 1.82) is 0 Å². The lowest BCUT2D eigenvalue weighted by atomic mass is 10.0. The number of Topliss-reactive ketones (excluding diaryl/α,β-unsaturated/α-hetero) is 1. The van der Waals surface area contributed by atoms with Crippen molar-refractivity contribution in [3.63, 3.8) is 0 Å². The predicted molar refractivity (Wildman–Crippen MR) is 101 cm³/mol. The molecule has 1 N–H and O–H groups in total. The summed E-state index contributed by atoms with van der Waals surface area (Å²) in [5.74, 6) is -0.361. The zero-order chi connectivity index (χ0) is 17.8. The van der Waals surface area contributed by atoms with Gasteiger partial charge < -0.3 is 5.32 Å². The molecule has 1 saturated carbocycles. The fourth-order valence-corrected chi connectivity index (χ4v) is 3.19. The fraction of sp³-hybridized carbons (Fsp3) is 0.158. The van der Waals surface area contributed by atoms with Gasteiger partial charge in [0.2, 0.25) is 0 Å². The molecular formula is C19H16N2O3S. The van der Waals surface area contributed by atoms with Gasteiger partial charge in [0, 0.05) is 17.8 Å². The molecule has 0 aliphatic heterocycles. The highest BCUT2D eigenvalue weighted by molar-refractivity contribution is 7.80. The number of benzene rings is 2. The van der Waals surface area contributed by atoms with Crippen LogP contribution in [0.2, 0.25) is 0 Å². The van der Waals surface area contributed by atoms with E-state index >= 15 is 0 Å². The molecule has 1 atom stereocenters. The fourth-order valence-electron chi connectivity index (χ4n) is 2.85. The Hall–Kier alpha value is -2.86. The maximum Gasteiger partial charge on any atom is 0.270 e. The SMILES string of the molecule is O=C1/C(=C/c2cccc([N+](=O)[O-])c2)CC[C@H]1C(=S)Nc1ccccc1. The Kier molecular flexibility index (Phi) is 5.00. The lowest BCUT2D eigenvalue weighted by molar-refractivity contribution is -0.384. The van der Waals surface area contributed by atoms with Crippen molar-refractivity contribution in [2.24, 2.45) is 5.92 Å². The number of nitro groups is 1. The summed E-state index contributed by atoms with van der Waals surface area (Å²) in [6.07, 6.45) is 2.99. The highest BCUT2D eigenvalue weighted by Crippen LogP contribution is 2.30. The van der Waals surface area contributed by atoms with Crippen molar-refractivity contribution in [2.45, 2.75) is 12.8 Å². The van der Waals surface area contributed by atoms with Crippen LogP contribution < -0.4 is 5.32 Å². The van der Waals surface area contributed by atoms with Gasteiger partial charge in [0.1, 0.15) is 0 Å². The van der Waals surface area contributed by atoms with E-state index in [1.54, 1.807) is 18.2 Å². The molecule has 2 aromatic rings. The summed E-state index contributed by atoms with van der Waals surface area (Å²) in [6.45, 7) is 0. The van der Waals surface area contributed by atoms with Gasteiger partial charge in [-0.3, -0.25) is 14.9 Å². The molecule has 3 rings (SSSR count). The molecule has 1 aliphatic rings. The highest BCUT2D eigenvalue weighted by Gasteiger charge is 2.32. The number of nitro benzene ring substituents is 1. The molecule has 0 spiro atoms. The Labute approximate surface area is 150 Å². The van der Waals surface area contributed by atoms with E-state index in [4.69, 9.17) is 12.2 Å². The number of thiocarbonyl (C=S) groups is 1. The van der Waals surface area contributed by atoms with E-state index in [0.717, 1.165) is 5.69 Å². The summed E-state index contributed by atoms with van der Waals surface area (Å²) in [6, 6.07) is 15.8. The average Bonchev–Trinajstić information content (AvgIpc) is 2.97. The minimum Gasteiger partial charge on any atom is -0.349 e. The Morgan fingerprint density at radius 1 is 1.20 bits per heavy atom. The normalized spacial score (nSPS) is 18.3. The molecule has 0 unspecified atom stereocenters. The predicted octanol–water partition coefficient (Wildman–Crippen LogP) is 4.40. The maximum absolute atomic E-state index is 12.6. The van der Waals surface area contributed by atoms with Crippen molar-refractivity contribution in [2.75, 3.05) is 5.32 Å². The van der Waals surface area contributed by atoms with Gasteiger partial charge in [-0.2, -0.15) is 0 Å². The van der Waals surface area contributed by atoms with Crippen LogP contribution in [0, 0.1) is 16.0 Å². The third kappa shape index (κ3) is 3.97. The minimum atomic E-state index is -0.444. The summed E-state index contributed by atoms with van der Waals surface area (Å²) in [4.78, 5) is 23.6. The number of nitrogens with zero attached hydrogens (tertiary/aromatic N) is 1. The van der Waals surface area contributed by atoms with Crippen LogP contribution in [-0.4, -0.2) is 15.7 Å². The number of nitrogens with one attached hydrogen (secondary N) is 1. The zero-order valence-corrected chi connectivity index (χ0v) is 14.2. The number of carbonyl (C=O) groups is 1. The molecule has 0 radical (unpaired) electrons. The molecule has 0 aromatic heterocycles. The number of para-hydroxylation sites is 1. The summed E-state index contributed by atoms with van der Waals surface area (Å²) < 4.78 is 0. The van der Waals surface area contributed by atoms with Crippen LogP contribution in [0.5, 0.6) is 0 Å². The number of anilines is 1. The van der Waals surface area contributed by atoms with Crippen LogP contribution in [0.25, 0.3) is 6.08 Å². The minimum absolute atomic E-state index is 0.0117. The van der Waals surface area contributed by atoms with E-state index < -0.39 is 4.92 Å². The first-order chi connectivity index (χ1) is 12.0. The Balaban J connectivity index is 1.74. The molecule has 1 fully saturated rings. The van der Waals surface area contributed by atoms with Crippen molar-refractivity contribution >= 4 is 40.4 Å². The van der Waals surface area contributed by atoms with E-state index in [1.165, 1.54) is 12.1 Å². The second kappa shape index (κ2) is 7.36. The number of non-ortho nitro benzene ring substituents is 1. The van der Waals surface area contributed by atoms with Gasteiger partial charge in [0.15, 0.2) is 5.78 Å². The van der Waals surface area contributed by atoms with E-state index in [2.05, 4.69) is 5.32 Å². The molecule has 25 heavy (non-hydrogen) atoms. The third-order valence-corrected chi connectivity index (χ3v) is 4.50. The topological polar surface area (TPSA) is 72.2 Å². The number of allylic oxidation sites excluding steroid dienone is 1. The first-order valence-corrected chi connectivity index (χ1v) is 8.30. The number of ketones is 1. The van der Waals surface area contributed by atoms with Gasteiger partial charge in [-0.15, -0.1) is 0 Å². The van der Waals surface area contributed by atoms with Crippen LogP contribution in [0.4, 0.5) is 11.4 Å². The van der Waals surface area contributed by atoms with Gasteiger partial charge >= 0.3 is 0 Å². The molecule has 5 nitrogen and oxygen atoms in total. The molecule has 126 valence electrons. The number of hydrogen-bond acceptors (Lipinski definition) is 4. The molecule has 0 bridgehead atoms. The standard InChI is InChI=1S/C19H16N2O3S/c22-18-14(11-13-5-4-8-16(12-13)21(23)24)9-10-17(18)19(25)20-15-6-2-1-3-7-15/h1-8,11-12,17H,9-10H2,(H,20,25)/b14-11+/t17-/m1/s1. The zero-order valence-electron chi connectivity index (χ0n) is 13.3. The van der Waals surface area contributed by atoms with Crippen molar-refractivity contribution in [3.05, 3.63) is 75.8 Å². The summed E-state index contributed by atoms with van der Waals surface area (Å²) in [7, 11) is 0. The molecule has 6 heteroatoms. The van der Waals surface area contributed by atoms with E-state index in [-0.39, 0.29) is 17.4 Å². The van der Waals surface area contributed by atoms with Crippen LogP contribution in [0.3, 0.4) is 0 Å². The van der Waals surface area contributed by atoms with Gasteiger partial charge in [-0.1, -0.05) is 42.5 Å². The highest BCUT2D eigenvalue weighted by atomic mass is 32.1. The van der Waals surface area contributed by atoms with Crippen molar-refractivity contribution < 1.29 is 9.72 Å². The Bertz CT molecular complexity index is 862. The smallest absolute Gasteiger partial charge is 0.270 e. The maximum atomic E-state index is 12.6. The number of rotatable bonds is 4. The van der Waals surface area contributed by atoms with E-state index in [0.29, 0.717) is 29.0 Å². The van der Waals surface area contributed by atoms with E-state index in [9.17, 15) is 14.9 Å². The van der Waals surface area contributed by atoms with Crippen LogP contribution in [-0.2, 0) is 4.79 Å². The van der Waals surface area contributed by atoms with Gasteiger partial charge in [-0.05, 0) is 42.2 Å². The van der Waals surface area contributed by atoms with Crippen LogP contribution >= 0.6 is 12.2 Å². The summed E-state index contributed by atoms with van der Waals surface area (Å²) in [5, 5.41) is 14.0. The van der Waals surface area contributed by atoms with Crippen LogP contribution in [0.15, 0.2) is 60.2 Å². The van der Waals surface area contributed by atoms with Gasteiger partial charge in [0.25, 0.3) is 5.69 Å².